The second-order valence-corrected chi connectivity index (χ2v) is 7.73. The predicted molar refractivity (Wildman–Crippen MR) is 125 cm³/mol. The molecule has 0 aliphatic heterocycles. The summed E-state index contributed by atoms with van der Waals surface area (Å²) in [6, 6.07) is 5.93. The van der Waals surface area contributed by atoms with Gasteiger partial charge in [-0.2, -0.15) is 0 Å². The van der Waals surface area contributed by atoms with Crippen molar-refractivity contribution in [2.75, 3.05) is 18.4 Å². The predicted octanol–water partition coefficient (Wildman–Crippen LogP) is 1.77. The molecule has 2 unspecified atom stereocenters. The van der Waals surface area contributed by atoms with Gasteiger partial charge in [-0.1, -0.05) is 39.5 Å². The van der Waals surface area contributed by atoms with Gasteiger partial charge in [0.05, 0.1) is 12.1 Å². The van der Waals surface area contributed by atoms with Crippen molar-refractivity contribution in [2.45, 2.75) is 52.3 Å². The van der Waals surface area contributed by atoms with Crippen LogP contribution in [0.5, 0.6) is 0 Å². The van der Waals surface area contributed by atoms with Gasteiger partial charge in [0, 0.05) is 17.9 Å². The van der Waals surface area contributed by atoms with E-state index in [1.807, 2.05) is 32.9 Å². The standard InChI is InChI=1S/C22H36N6O4/c1-5-25-19(14(2)3)20(29)28-18(7-6-12-26-21(23)30)15(4)27-17-10-8-16(9-11-17)13-32-22(24)31/h8-11,14,18-19,25,27H,4-7,12-13H2,1-3H3,(H2,24,31)(H,28,29)(H3,23,26,30). The number of amides is 4. The third kappa shape index (κ3) is 10.2. The summed E-state index contributed by atoms with van der Waals surface area (Å²) in [5, 5.41) is 12.0. The number of nitrogens with one attached hydrogen (secondary N) is 4. The van der Waals surface area contributed by atoms with Crippen LogP contribution in [-0.4, -0.2) is 43.2 Å². The lowest BCUT2D eigenvalue weighted by molar-refractivity contribution is -0.124. The lowest BCUT2D eigenvalue weighted by atomic mass is 10.0. The fourth-order valence-electron chi connectivity index (χ4n) is 3.08. The van der Waals surface area contributed by atoms with Crippen LogP contribution >= 0.6 is 0 Å². The van der Waals surface area contributed by atoms with Crippen molar-refractivity contribution in [2.24, 2.45) is 17.4 Å². The molecule has 0 heterocycles. The largest absolute Gasteiger partial charge is 0.445 e. The summed E-state index contributed by atoms with van der Waals surface area (Å²) in [6.07, 6.45) is 0.326. The molecule has 0 aliphatic carbocycles. The summed E-state index contributed by atoms with van der Waals surface area (Å²) in [5.74, 6) is 0.000118. The zero-order chi connectivity index (χ0) is 24.1. The van der Waals surface area contributed by atoms with Crippen LogP contribution in [0.15, 0.2) is 36.5 Å². The molecule has 10 nitrogen and oxygen atoms in total. The molecule has 10 heteroatoms. The molecule has 0 radical (unpaired) electrons. The van der Waals surface area contributed by atoms with Crippen molar-refractivity contribution in [3.05, 3.63) is 42.1 Å². The number of hydrogen-bond acceptors (Lipinski definition) is 6. The highest BCUT2D eigenvalue weighted by molar-refractivity contribution is 5.82. The highest BCUT2D eigenvalue weighted by Crippen LogP contribution is 2.16. The van der Waals surface area contributed by atoms with Gasteiger partial charge in [-0.15, -0.1) is 0 Å². The van der Waals surface area contributed by atoms with Crippen molar-refractivity contribution < 1.29 is 19.1 Å². The Labute approximate surface area is 189 Å². The molecular weight excluding hydrogens is 412 g/mol. The van der Waals surface area contributed by atoms with Crippen LogP contribution in [0.4, 0.5) is 15.3 Å². The van der Waals surface area contributed by atoms with Crippen molar-refractivity contribution >= 4 is 23.7 Å². The number of benzene rings is 1. The molecule has 32 heavy (non-hydrogen) atoms. The SMILES string of the molecule is C=C(Nc1ccc(COC(N)=O)cc1)C(CCCNC(N)=O)NC(=O)C(NCC)C(C)C. The monoisotopic (exact) mass is 448 g/mol. The molecule has 0 spiro atoms. The Morgan fingerprint density at radius 1 is 1.12 bits per heavy atom. The molecule has 1 aromatic carbocycles. The quantitative estimate of drug-likeness (QED) is 0.238. The Kier molecular flexibility index (Phi) is 11.6. The van der Waals surface area contributed by atoms with E-state index in [1.165, 1.54) is 0 Å². The second-order valence-electron chi connectivity index (χ2n) is 7.73. The first-order chi connectivity index (χ1) is 15.1. The van der Waals surface area contributed by atoms with Crippen LogP contribution in [0.25, 0.3) is 0 Å². The highest BCUT2D eigenvalue weighted by Gasteiger charge is 2.24. The van der Waals surface area contributed by atoms with Crippen LogP contribution in [0.3, 0.4) is 0 Å². The molecule has 0 fully saturated rings. The van der Waals surface area contributed by atoms with Gasteiger partial charge in [-0.25, -0.2) is 9.59 Å². The Morgan fingerprint density at radius 3 is 2.31 bits per heavy atom. The summed E-state index contributed by atoms with van der Waals surface area (Å²) in [7, 11) is 0. The molecule has 4 amide bonds. The van der Waals surface area contributed by atoms with Gasteiger partial charge in [0.1, 0.15) is 6.61 Å². The zero-order valence-corrected chi connectivity index (χ0v) is 19.1. The van der Waals surface area contributed by atoms with Crippen molar-refractivity contribution in [3.8, 4) is 0 Å². The number of hydrogen-bond donors (Lipinski definition) is 6. The lowest BCUT2D eigenvalue weighted by Crippen LogP contribution is -2.51. The third-order valence-corrected chi connectivity index (χ3v) is 4.72. The normalized spacial score (nSPS) is 12.5. The second kappa shape index (κ2) is 13.9. The first-order valence-corrected chi connectivity index (χ1v) is 10.7. The fourth-order valence-corrected chi connectivity index (χ4v) is 3.08. The van der Waals surface area contributed by atoms with E-state index >= 15 is 0 Å². The topological polar surface area (TPSA) is 161 Å². The van der Waals surface area contributed by atoms with Gasteiger partial charge in [-0.05, 0) is 43.0 Å². The average Bonchev–Trinajstić information content (AvgIpc) is 2.72. The van der Waals surface area contributed by atoms with Gasteiger partial charge >= 0.3 is 12.1 Å². The molecule has 178 valence electrons. The average molecular weight is 449 g/mol. The maximum absolute atomic E-state index is 12.9. The van der Waals surface area contributed by atoms with Crippen LogP contribution < -0.4 is 32.7 Å². The van der Waals surface area contributed by atoms with Crippen LogP contribution in [0.1, 0.15) is 39.2 Å². The summed E-state index contributed by atoms with van der Waals surface area (Å²) in [5.41, 5.74) is 12.3. The number of nitrogens with two attached hydrogens (primary N) is 2. The summed E-state index contributed by atoms with van der Waals surface area (Å²) in [6.45, 7) is 11.2. The first-order valence-electron chi connectivity index (χ1n) is 10.7. The van der Waals surface area contributed by atoms with Crippen LogP contribution in [0, 0.1) is 5.92 Å². The molecule has 0 saturated heterocycles. The molecule has 0 aliphatic rings. The zero-order valence-electron chi connectivity index (χ0n) is 19.1. The van der Waals surface area contributed by atoms with Crippen LogP contribution in [0.2, 0.25) is 0 Å². The van der Waals surface area contributed by atoms with Gasteiger partial charge in [0.2, 0.25) is 5.91 Å². The summed E-state index contributed by atoms with van der Waals surface area (Å²) in [4.78, 5) is 34.5. The molecule has 2 atom stereocenters. The van der Waals surface area contributed by atoms with Crippen molar-refractivity contribution in [3.63, 3.8) is 0 Å². The highest BCUT2D eigenvalue weighted by atomic mass is 16.5. The number of likely N-dealkylation sites (N-methyl/N-ethyl adjacent to an activating group) is 1. The minimum Gasteiger partial charge on any atom is -0.445 e. The van der Waals surface area contributed by atoms with Crippen molar-refractivity contribution in [1.29, 1.82) is 0 Å². The van der Waals surface area contributed by atoms with Crippen LogP contribution in [-0.2, 0) is 16.1 Å². The van der Waals surface area contributed by atoms with E-state index in [-0.39, 0.29) is 30.5 Å². The number of carbonyl (C=O) groups is 3. The maximum Gasteiger partial charge on any atom is 0.404 e. The molecule has 0 bridgehead atoms. The number of primary amides is 2. The number of rotatable bonds is 14. The van der Waals surface area contributed by atoms with E-state index in [9.17, 15) is 14.4 Å². The Bertz CT molecular complexity index is 766. The minimum absolute atomic E-state index is 0.0864. The number of anilines is 1. The van der Waals surface area contributed by atoms with E-state index in [0.717, 1.165) is 11.3 Å². The first kappa shape index (κ1) is 26.8. The van der Waals surface area contributed by atoms with Gasteiger partial charge in [-0.3, -0.25) is 4.79 Å². The van der Waals surface area contributed by atoms with E-state index in [0.29, 0.717) is 31.6 Å². The molecule has 1 aromatic rings. The summed E-state index contributed by atoms with van der Waals surface area (Å²) >= 11 is 0. The van der Waals surface area contributed by atoms with E-state index in [1.54, 1.807) is 12.1 Å². The lowest BCUT2D eigenvalue weighted by Gasteiger charge is -2.27. The Morgan fingerprint density at radius 2 is 1.78 bits per heavy atom. The van der Waals surface area contributed by atoms with E-state index < -0.39 is 12.1 Å². The third-order valence-electron chi connectivity index (χ3n) is 4.72. The van der Waals surface area contributed by atoms with Gasteiger partial charge in [0.15, 0.2) is 0 Å². The fraction of sp³-hybridized carbons (Fsp3) is 0.500. The Hall–Kier alpha value is -3.27. The van der Waals surface area contributed by atoms with Gasteiger partial charge < -0.3 is 37.5 Å². The summed E-state index contributed by atoms with van der Waals surface area (Å²) < 4.78 is 4.77. The molecule has 0 saturated carbocycles. The number of ether oxygens (including phenoxy) is 1. The molecule has 1 rings (SSSR count). The minimum atomic E-state index is -0.831. The smallest absolute Gasteiger partial charge is 0.404 e. The van der Waals surface area contributed by atoms with E-state index in [4.69, 9.17) is 16.2 Å². The number of carbonyl (C=O) groups excluding carboxylic acids is 3. The van der Waals surface area contributed by atoms with Crippen molar-refractivity contribution in [1.82, 2.24) is 16.0 Å². The molecular formula is C22H36N6O4. The molecule has 0 aromatic heterocycles. The number of urea groups is 1. The van der Waals surface area contributed by atoms with E-state index in [2.05, 4.69) is 27.8 Å². The Balaban J connectivity index is 2.82. The maximum atomic E-state index is 12.9. The van der Waals surface area contributed by atoms with Gasteiger partial charge in [0.25, 0.3) is 0 Å². The molecule has 8 N–H and O–H groups in total.